The highest BCUT2D eigenvalue weighted by atomic mass is 32.2. The Bertz CT molecular complexity index is 1650. The van der Waals surface area contributed by atoms with Gasteiger partial charge in [-0.05, 0) is 73.4 Å². The molecule has 3 aromatic carbocycles. The fraction of sp³-hybridized carbons (Fsp3) is 0.290. The number of hydrogen-bond acceptors (Lipinski definition) is 7. The van der Waals surface area contributed by atoms with E-state index in [1.54, 1.807) is 24.3 Å². The van der Waals surface area contributed by atoms with Gasteiger partial charge in [0, 0.05) is 24.7 Å². The maximum absolute atomic E-state index is 12.4. The summed E-state index contributed by atoms with van der Waals surface area (Å²) in [5.74, 6) is 2.30. The molecule has 6 rings (SSSR count). The molecule has 1 unspecified atom stereocenters. The van der Waals surface area contributed by atoms with Gasteiger partial charge in [0.1, 0.15) is 29.7 Å². The van der Waals surface area contributed by atoms with E-state index in [2.05, 4.69) is 10.6 Å². The summed E-state index contributed by atoms with van der Waals surface area (Å²) >= 11 is 0.696. The van der Waals surface area contributed by atoms with Crippen molar-refractivity contribution in [3.63, 3.8) is 0 Å². The van der Waals surface area contributed by atoms with Crippen LogP contribution in [0.5, 0.6) is 17.2 Å². The van der Waals surface area contributed by atoms with Gasteiger partial charge >= 0.3 is 0 Å². The summed E-state index contributed by atoms with van der Waals surface area (Å²) in [5, 5.41) is 3.13. The molecule has 210 valence electrons. The first-order valence-electron chi connectivity index (χ1n) is 14.1. The standard InChI is InChI=1S/C31H30N4O5S/c1-35-26-17-24(40-23-12-8-21(9-13-23)32-29(36)20-4-2-3-5-20)14-15-25(26)33-28(35)18-39-22-10-6-19(7-11-22)16-27-30(37)34-31(38)41-27/h6-15,17,20,27H,2-5,16,18H2,1H3,(H,32,36)(H,34,37,38)/i27D. The molecule has 1 aromatic heterocycles. The van der Waals surface area contributed by atoms with Crippen LogP contribution in [0.15, 0.2) is 66.7 Å². The van der Waals surface area contributed by atoms with E-state index in [4.69, 9.17) is 15.8 Å². The number of benzene rings is 3. The molecule has 1 aliphatic carbocycles. The van der Waals surface area contributed by atoms with Gasteiger partial charge in [-0.2, -0.15) is 0 Å². The van der Waals surface area contributed by atoms with Gasteiger partial charge in [0.25, 0.3) is 5.24 Å². The summed E-state index contributed by atoms with van der Waals surface area (Å²) in [6.45, 7) is 0.240. The molecule has 2 aliphatic rings. The zero-order valence-electron chi connectivity index (χ0n) is 23.5. The predicted molar refractivity (Wildman–Crippen MR) is 157 cm³/mol. The second-order valence-corrected chi connectivity index (χ2v) is 11.3. The lowest BCUT2D eigenvalue weighted by Gasteiger charge is -2.11. The second kappa shape index (κ2) is 11.7. The number of nitrogens with one attached hydrogen (secondary N) is 2. The van der Waals surface area contributed by atoms with Gasteiger partial charge in [0.2, 0.25) is 11.8 Å². The topological polar surface area (TPSA) is 112 Å². The number of anilines is 1. The monoisotopic (exact) mass is 571 g/mol. The highest BCUT2D eigenvalue weighted by Gasteiger charge is 2.31. The molecule has 1 saturated carbocycles. The minimum absolute atomic E-state index is 0.0920. The van der Waals surface area contributed by atoms with Gasteiger partial charge in [0.05, 0.1) is 17.6 Å². The Kier molecular flexibility index (Phi) is 7.29. The van der Waals surface area contributed by atoms with Crippen LogP contribution < -0.4 is 20.1 Å². The quantitative estimate of drug-likeness (QED) is 0.255. The van der Waals surface area contributed by atoms with Crippen molar-refractivity contribution in [2.75, 3.05) is 5.32 Å². The molecule has 2 fully saturated rings. The van der Waals surface area contributed by atoms with Crippen molar-refractivity contribution in [3.8, 4) is 17.2 Å². The van der Waals surface area contributed by atoms with Gasteiger partial charge in [0.15, 0.2) is 0 Å². The van der Waals surface area contributed by atoms with E-state index in [9.17, 15) is 14.4 Å². The van der Waals surface area contributed by atoms with Crippen LogP contribution in [-0.4, -0.2) is 31.8 Å². The van der Waals surface area contributed by atoms with Crippen molar-refractivity contribution in [3.05, 3.63) is 78.1 Å². The molecular weight excluding hydrogens is 540 g/mol. The van der Waals surface area contributed by atoms with Crippen LogP contribution in [0.3, 0.4) is 0 Å². The number of carbonyl (C=O) groups excluding carboxylic acids is 3. The van der Waals surface area contributed by atoms with E-state index >= 15 is 0 Å². The van der Waals surface area contributed by atoms with Crippen molar-refractivity contribution in [1.29, 1.82) is 0 Å². The van der Waals surface area contributed by atoms with Crippen molar-refractivity contribution >= 4 is 45.5 Å². The molecule has 0 spiro atoms. The molecule has 0 bridgehead atoms. The highest BCUT2D eigenvalue weighted by Crippen LogP contribution is 2.29. The van der Waals surface area contributed by atoms with E-state index in [1.807, 2.05) is 54.1 Å². The average Bonchev–Trinajstić information content (AvgIpc) is 3.68. The molecule has 1 atom stereocenters. The number of carbonyl (C=O) groups is 3. The summed E-state index contributed by atoms with van der Waals surface area (Å²) in [4.78, 5) is 40.5. The van der Waals surface area contributed by atoms with E-state index in [0.717, 1.165) is 53.8 Å². The molecule has 1 saturated heterocycles. The van der Waals surface area contributed by atoms with Crippen LogP contribution in [0, 0.1) is 5.92 Å². The van der Waals surface area contributed by atoms with E-state index in [0.29, 0.717) is 29.0 Å². The van der Waals surface area contributed by atoms with Gasteiger partial charge in [-0.3, -0.25) is 19.7 Å². The van der Waals surface area contributed by atoms with Crippen LogP contribution in [0.25, 0.3) is 11.0 Å². The van der Waals surface area contributed by atoms with Gasteiger partial charge in [-0.25, -0.2) is 4.98 Å². The lowest BCUT2D eigenvalue weighted by atomic mass is 10.1. The van der Waals surface area contributed by atoms with Crippen molar-refractivity contribution in [1.82, 2.24) is 14.9 Å². The predicted octanol–water partition coefficient (Wildman–Crippen LogP) is 5.97. The molecule has 4 aromatic rings. The number of rotatable bonds is 9. The molecule has 2 heterocycles. The van der Waals surface area contributed by atoms with Crippen LogP contribution in [0.2, 0.25) is 0 Å². The fourth-order valence-corrected chi connectivity index (χ4v) is 5.84. The number of thioether (sulfide) groups is 1. The lowest BCUT2D eigenvalue weighted by Crippen LogP contribution is -2.25. The first kappa shape index (κ1) is 25.6. The van der Waals surface area contributed by atoms with Crippen molar-refractivity contribution < 1.29 is 25.2 Å². The van der Waals surface area contributed by atoms with Gasteiger partial charge in [-0.15, -0.1) is 0 Å². The summed E-state index contributed by atoms with van der Waals surface area (Å²) in [6, 6.07) is 20.2. The third-order valence-electron chi connectivity index (χ3n) is 7.37. The van der Waals surface area contributed by atoms with E-state index in [1.165, 1.54) is 0 Å². The number of aryl methyl sites for hydroxylation is 1. The van der Waals surface area contributed by atoms with Crippen LogP contribution >= 0.6 is 11.8 Å². The fourth-order valence-electron chi connectivity index (χ4n) is 5.09. The minimum atomic E-state index is -1.55. The first-order chi connectivity index (χ1) is 20.3. The summed E-state index contributed by atoms with van der Waals surface area (Å²) < 4.78 is 22.3. The number of aromatic nitrogens is 2. The Hall–Kier alpha value is -4.31. The zero-order valence-corrected chi connectivity index (χ0v) is 23.3. The third-order valence-corrected chi connectivity index (χ3v) is 8.23. The van der Waals surface area contributed by atoms with Crippen molar-refractivity contribution in [2.24, 2.45) is 13.0 Å². The van der Waals surface area contributed by atoms with E-state index < -0.39 is 16.4 Å². The molecular formula is C31H30N4O5S. The highest BCUT2D eigenvalue weighted by molar-refractivity contribution is 8.15. The Morgan fingerprint density at radius 1 is 1.05 bits per heavy atom. The van der Waals surface area contributed by atoms with Crippen molar-refractivity contribution in [2.45, 2.75) is 43.9 Å². The summed E-state index contributed by atoms with van der Waals surface area (Å²) in [7, 11) is 1.92. The number of amides is 3. The normalized spacial score (nSPS) is 19.3. The van der Waals surface area contributed by atoms with Crippen LogP contribution in [0.1, 0.15) is 38.4 Å². The molecule has 10 heteroatoms. The molecule has 3 amide bonds. The minimum Gasteiger partial charge on any atom is -0.486 e. The number of ether oxygens (including phenoxy) is 2. The number of fused-ring (bicyclic) bond motifs is 1. The number of imidazole rings is 1. The summed E-state index contributed by atoms with van der Waals surface area (Å²) in [5.41, 5.74) is 3.22. The van der Waals surface area contributed by atoms with E-state index in [-0.39, 0.29) is 24.9 Å². The second-order valence-electron chi connectivity index (χ2n) is 10.2. The molecule has 0 radical (unpaired) electrons. The molecule has 2 N–H and O–H groups in total. The molecule has 1 aliphatic heterocycles. The molecule has 9 nitrogen and oxygen atoms in total. The Morgan fingerprint density at radius 2 is 1.76 bits per heavy atom. The molecule has 41 heavy (non-hydrogen) atoms. The SMILES string of the molecule is [2H]C1(Cc2ccc(OCc3nc4ccc(Oc5ccc(NC(=O)C6CCCC6)cc5)cc4n3C)cc2)SC(=O)NC1=O. The maximum Gasteiger partial charge on any atom is 0.286 e. The van der Waals surface area contributed by atoms with Gasteiger partial charge < -0.3 is 19.4 Å². The first-order valence-corrected chi connectivity index (χ1v) is 14.4. The average molecular weight is 572 g/mol. The smallest absolute Gasteiger partial charge is 0.286 e. The Balaban J connectivity index is 1.06. The maximum atomic E-state index is 12.4. The Morgan fingerprint density at radius 3 is 2.46 bits per heavy atom. The third kappa shape index (κ3) is 6.22. The Labute approximate surface area is 243 Å². The number of hydrogen-bond donors (Lipinski definition) is 2. The number of imide groups is 1. The van der Waals surface area contributed by atoms with Crippen LogP contribution in [-0.2, 0) is 29.7 Å². The summed E-state index contributed by atoms with van der Waals surface area (Å²) in [6.07, 6.45) is 4.29. The number of nitrogens with zero attached hydrogens (tertiary/aromatic N) is 2. The van der Waals surface area contributed by atoms with Gasteiger partial charge in [-0.1, -0.05) is 36.7 Å². The lowest BCUT2D eigenvalue weighted by molar-refractivity contribution is -0.120. The largest absolute Gasteiger partial charge is 0.486 e. The zero-order chi connectivity index (χ0) is 29.3. The van der Waals surface area contributed by atoms with Crippen LogP contribution in [0.4, 0.5) is 10.5 Å².